The van der Waals surface area contributed by atoms with Gasteiger partial charge in [-0.3, -0.25) is 4.72 Å². The van der Waals surface area contributed by atoms with E-state index in [1.807, 2.05) is 26.8 Å². The fourth-order valence-corrected chi connectivity index (χ4v) is 6.89. The molecule has 2 fully saturated rings. The zero-order valence-electron chi connectivity index (χ0n) is 23.4. The summed E-state index contributed by atoms with van der Waals surface area (Å²) in [6.45, 7) is 6.04. The third kappa shape index (κ3) is 6.51. The molecule has 0 bridgehead atoms. The molecular formula is C30H41N3O5S. The van der Waals surface area contributed by atoms with Crippen molar-refractivity contribution < 1.29 is 23.1 Å². The fraction of sp³-hybridized carbons (Fsp3) is 0.600. The third-order valence-corrected chi connectivity index (χ3v) is 9.59. The van der Waals surface area contributed by atoms with Crippen LogP contribution in [0.25, 0.3) is 0 Å². The maximum absolute atomic E-state index is 13.7. The van der Waals surface area contributed by atoms with Crippen LogP contribution in [0.5, 0.6) is 0 Å². The van der Waals surface area contributed by atoms with E-state index in [0.717, 1.165) is 31.2 Å². The Labute approximate surface area is 231 Å². The van der Waals surface area contributed by atoms with Crippen molar-refractivity contribution in [2.75, 3.05) is 4.72 Å². The minimum absolute atomic E-state index is 0.0762. The number of aliphatic hydroxyl groups is 1. The summed E-state index contributed by atoms with van der Waals surface area (Å²) in [6.07, 6.45) is 11.8. The Balaban J connectivity index is 1.44. The Morgan fingerprint density at radius 3 is 2.31 bits per heavy atom. The molecule has 9 heteroatoms. The van der Waals surface area contributed by atoms with Crippen molar-refractivity contribution in [3.05, 3.63) is 53.7 Å². The summed E-state index contributed by atoms with van der Waals surface area (Å²) in [5.74, 6) is 0.596. The van der Waals surface area contributed by atoms with E-state index in [9.17, 15) is 18.3 Å². The van der Waals surface area contributed by atoms with Gasteiger partial charge in [-0.2, -0.15) is 8.42 Å². The van der Waals surface area contributed by atoms with Crippen molar-refractivity contribution >= 4 is 21.7 Å². The average molecular weight is 556 g/mol. The number of aliphatic hydroxyl groups excluding tert-OH is 1. The largest absolute Gasteiger partial charge is 0.512 e. The lowest BCUT2D eigenvalue weighted by Gasteiger charge is -2.41. The minimum Gasteiger partial charge on any atom is -0.512 e. The summed E-state index contributed by atoms with van der Waals surface area (Å²) < 4.78 is 36.2. The van der Waals surface area contributed by atoms with Crippen molar-refractivity contribution in [3.63, 3.8) is 0 Å². The maximum Gasteiger partial charge on any atom is 0.338 e. The molecule has 2 N–H and O–H groups in total. The standard InChI is InChI=1S/C30H41N3O5S/c1-29(2,3)27(22-6-5-7-23(16-22)32-39(36,37)25-18-33(4)19-31-25)26-24(34)17-30(38-28(26)35,14-12-20-8-9-20)15-13-21-10-11-21/h5-7,16,18-21,27,32,34H,8-15,17H2,1-4H3. The molecule has 1 unspecified atom stereocenters. The molecule has 8 nitrogen and oxygen atoms in total. The Morgan fingerprint density at radius 2 is 1.79 bits per heavy atom. The van der Waals surface area contributed by atoms with E-state index in [2.05, 4.69) is 9.71 Å². The normalized spacial score (nSPS) is 20.6. The van der Waals surface area contributed by atoms with Gasteiger partial charge in [0.05, 0.1) is 11.9 Å². The van der Waals surface area contributed by atoms with Gasteiger partial charge >= 0.3 is 5.97 Å². The van der Waals surface area contributed by atoms with E-state index >= 15 is 0 Å². The Hall–Kier alpha value is -2.81. The van der Waals surface area contributed by atoms with Crippen molar-refractivity contribution in [3.8, 4) is 0 Å². The number of aryl methyl sites for hydroxylation is 1. The molecule has 1 aliphatic heterocycles. The molecule has 0 amide bonds. The van der Waals surface area contributed by atoms with Crippen LogP contribution >= 0.6 is 0 Å². The molecule has 212 valence electrons. The summed E-state index contributed by atoms with van der Waals surface area (Å²) in [5.41, 5.74) is 0.271. The highest BCUT2D eigenvalue weighted by Crippen LogP contribution is 2.49. The van der Waals surface area contributed by atoms with Crippen LogP contribution in [0, 0.1) is 17.3 Å². The van der Waals surface area contributed by atoms with Gasteiger partial charge in [0.1, 0.15) is 11.4 Å². The van der Waals surface area contributed by atoms with Crippen LogP contribution < -0.4 is 4.72 Å². The zero-order chi connectivity index (χ0) is 28.0. The number of anilines is 1. The number of nitrogens with zero attached hydrogens (tertiary/aromatic N) is 2. The number of hydrogen-bond donors (Lipinski definition) is 2. The van der Waals surface area contributed by atoms with Crippen molar-refractivity contribution in [2.45, 2.75) is 95.1 Å². The monoisotopic (exact) mass is 555 g/mol. The van der Waals surface area contributed by atoms with Gasteiger partial charge in [0.15, 0.2) is 5.03 Å². The van der Waals surface area contributed by atoms with Crippen molar-refractivity contribution in [2.24, 2.45) is 24.3 Å². The van der Waals surface area contributed by atoms with Crippen LogP contribution in [0.4, 0.5) is 5.69 Å². The molecule has 2 aromatic rings. The smallest absolute Gasteiger partial charge is 0.338 e. The van der Waals surface area contributed by atoms with Gasteiger partial charge in [-0.25, -0.2) is 9.78 Å². The number of aromatic nitrogens is 2. The predicted octanol–water partition coefficient (Wildman–Crippen LogP) is 6.23. The summed E-state index contributed by atoms with van der Waals surface area (Å²) >= 11 is 0. The number of nitrogens with one attached hydrogen (secondary N) is 1. The quantitative estimate of drug-likeness (QED) is 0.318. The molecule has 1 atom stereocenters. The maximum atomic E-state index is 13.7. The van der Waals surface area contributed by atoms with E-state index in [1.54, 1.807) is 29.8 Å². The molecule has 0 spiro atoms. The van der Waals surface area contributed by atoms with E-state index in [4.69, 9.17) is 4.74 Å². The van der Waals surface area contributed by atoms with Gasteiger partial charge < -0.3 is 14.4 Å². The van der Waals surface area contributed by atoms with E-state index in [-0.39, 0.29) is 16.4 Å². The second-order valence-corrected chi connectivity index (χ2v) is 14.6. The van der Waals surface area contributed by atoms with Gasteiger partial charge in [-0.1, -0.05) is 58.6 Å². The highest BCUT2D eigenvalue weighted by Gasteiger charge is 2.47. The van der Waals surface area contributed by atoms with Gasteiger partial charge in [-0.05, 0) is 60.6 Å². The number of imidazole rings is 1. The van der Waals surface area contributed by atoms with Crippen LogP contribution in [0.3, 0.4) is 0 Å². The topological polar surface area (TPSA) is 111 Å². The summed E-state index contributed by atoms with van der Waals surface area (Å²) in [5, 5.41) is 11.4. The van der Waals surface area contributed by atoms with Crippen LogP contribution in [0.1, 0.15) is 90.0 Å². The number of sulfonamides is 1. The predicted molar refractivity (Wildman–Crippen MR) is 150 cm³/mol. The Kier molecular flexibility index (Phi) is 7.33. The first-order valence-corrected chi connectivity index (χ1v) is 15.6. The molecule has 3 aliphatic rings. The van der Waals surface area contributed by atoms with Crippen LogP contribution in [0.15, 0.2) is 53.1 Å². The van der Waals surface area contributed by atoms with Crippen molar-refractivity contribution in [1.82, 2.24) is 9.55 Å². The van der Waals surface area contributed by atoms with E-state index < -0.39 is 32.9 Å². The first-order valence-electron chi connectivity index (χ1n) is 14.1. The van der Waals surface area contributed by atoms with Crippen LogP contribution in [-0.4, -0.2) is 34.6 Å². The second kappa shape index (κ2) is 10.3. The Bertz CT molecular complexity index is 1350. The highest BCUT2D eigenvalue weighted by atomic mass is 32.2. The number of cyclic esters (lactones) is 1. The molecule has 0 radical (unpaired) electrons. The SMILES string of the molecule is Cn1cnc(S(=O)(=O)Nc2cccc(C(C3=C(O)CC(CCC4CC4)(CCC4CC4)OC3=O)C(C)(C)C)c2)c1. The number of ether oxygens (including phenoxy) is 1. The molecule has 2 saturated carbocycles. The molecule has 2 aliphatic carbocycles. The molecule has 2 heterocycles. The van der Waals surface area contributed by atoms with Gasteiger partial charge in [0.25, 0.3) is 10.0 Å². The van der Waals surface area contributed by atoms with Gasteiger partial charge in [-0.15, -0.1) is 0 Å². The lowest BCUT2D eigenvalue weighted by Crippen LogP contribution is -2.42. The fourth-order valence-electron chi connectivity index (χ4n) is 5.86. The summed E-state index contributed by atoms with van der Waals surface area (Å²) in [6, 6.07) is 7.01. The first kappa shape index (κ1) is 27.7. The molecule has 1 aromatic carbocycles. The molecule has 1 aromatic heterocycles. The molecule has 39 heavy (non-hydrogen) atoms. The lowest BCUT2D eigenvalue weighted by atomic mass is 9.70. The van der Waals surface area contributed by atoms with Gasteiger partial charge in [0, 0.05) is 31.3 Å². The van der Waals surface area contributed by atoms with Crippen molar-refractivity contribution in [1.29, 1.82) is 0 Å². The average Bonchev–Trinajstić information content (AvgIpc) is 3.77. The summed E-state index contributed by atoms with van der Waals surface area (Å²) in [7, 11) is -2.18. The minimum atomic E-state index is -3.88. The molecular weight excluding hydrogens is 514 g/mol. The number of carbonyl (C=O) groups is 1. The van der Waals surface area contributed by atoms with Crippen LogP contribution in [-0.2, 0) is 26.6 Å². The third-order valence-electron chi connectivity index (χ3n) is 8.32. The summed E-state index contributed by atoms with van der Waals surface area (Å²) in [4.78, 5) is 17.7. The van der Waals surface area contributed by atoms with E-state index in [1.165, 1.54) is 38.2 Å². The Morgan fingerprint density at radius 1 is 1.15 bits per heavy atom. The zero-order valence-corrected chi connectivity index (χ0v) is 24.3. The second-order valence-electron chi connectivity index (χ2n) is 13.0. The number of carbonyl (C=O) groups excluding carboxylic acids is 1. The number of hydrogen-bond acceptors (Lipinski definition) is 6. The van der Waals surface area contributed by atoms with Gasteiger partial charge in [0.2, 0.25) is 0 Å². The number of esters is 1. The highest BCUT2D eigenvalue weighted by molar-refractivity contribution is 7.92. The number of rotatable bonds is 11. The molecule has 0 saturated heterocycles. The number of benzene rings is 1. The van der Waals surface area contributed by atoms with Crippen LogP contribution in [0.2, 0.25) is 0 Å². The first-order chi connectivity index (χ1) is 18.4. The van der Waals surface area contributed by atoms with E-state index in [0.29, 0.717) is 23.9 Å². The lowest BCUT2D eigenvalue weighted by molar-refractivity contribution is -0.162. The molecule has 5 rings (SSSR count).